The summed E-state index contributed by atoms with van der Waals surface area (Å²) < 4.78 is 0. The van der Waals surface area contributed by atoms with Crippen LogP contribution in [0.15, 0.2) is 30.3 Å². The van der Waals surface area contributed by atoms with Gasteiger partial charge in [0, 0.05) is 45.2 Å². The van der Waals surface area contributed by atoms with Crippen molar-refractivity contribution in [2.45, 2.75) is 38.8 Å². The van der Waals surface area contributed by atoms with Gasteiger partial charge < -0.3 is 21.1 Å². The lowest BCUT2D eigenvalue weighted by atomic mass is 10.1. The van der Waals surface area contributed by atoms with Crippen molar-refractivity contribution in [2.24, 2.45) is 0 Å². The molecule has 1 aromatic heterocycles. The lowest BCUT2D eigenvalue weighted by Crippen LogP contribution is -2.43. The topological polar surface area (TPSA) is 90.5 Å². The minimum atomic E-state index is -0.0176. The standard InChI is InChI=1S/C22H34N6O/c1-3-4-19(16-29)24-21-14-20(25-22(23)26-21)13-17-5-7-18(8-6-17)15-28-11-9-27(2)10-12-28/h5-8,14,19,29H,3-4,9-13,15-16H2,1-2H3,(H3,23,24,25,26). The minimum absolute atomic E-state index is 0.0176. The fourth-order valence-electron chi connectivity index (χ4n) is 3.68. The van der Waals surface area contributed by atoms with E-state index >= 15 is 0 Å². The molecule has 158 valence electrons. The summed E-state index contributed by atoms with van der Waals surface area (Å²) in [5.74, 6) is 0.927. The van der Waals surface area contributed by atoms with Crippen molar-refractivity contribution in [1.29, 1.82) is 0 Å². The van der Waals surface area contributed by atoms with E-state index in [1.807, 2.05) is 6.07 Å². The number of nitrogens with one attached hydrogen (secondary N) is 1. The molecule has 0 amide bonds. The van der Waals surface area contributed by atoms with E-state index in [0.29, 0.717) is 12.2 Å². The molecule has 1 unspecified atom stereocenters. The first-order chi connectivity index (χ1) is 14.1. The molecule has 1 atom stereocenters. The van der Waals surface area contributed by atoms with E-state index in [0.717, 1.165) is 51.3 Å². The second kappa shape index (κ2) is 10.5. The highest BCUT2D eigenvalue weighted by atomic mass is 16.3. The zero-order valence-electron chi connectivity index (χ0n) is 17.6. The normalized spacial score (nSPS) is 16.7. The molecule has 1 saturated heterocycles. The van der Waals surface area contributed by atoms with Crippen LogP contribution >= 0.6 is 0 Å². The summed E-state index contributed by atoms with van der Waals surface area (Å²) in [7, 11) is 2.18. The summed E-state index contributed by atoms with van der Waals surface area (Å²) in [5.41, 5.74) is 9.32. The number of anilines is 2. The number of nitrogens with zero attached hydrogens (tertiary/aromatic N) is 4. The van der Waals surface area contributed by atoms with Gasteiger partial charge in [-0.15, -0.1) is 0 Å². The molecule has 1 aliphatic heterocycles. The largest absolute Gasteiger partial charge is 0.394 e. The third-order valence-corrected chi connectivity index (χ3v) is 5.42. The molecule has 1 aromatic carbocycles. The number of aromatic nitrogens is 2. The summed E-state index contributed by atoms with van der Waals surface area (Å²) in [6.45, 7) is 7.70. The number of rotatable bonds is 9. The van der Waals surface area contributed by atoms with Gasteiger partial charge >= 0.3 is 0 Å². The van der Waals surface area contributed by atoms with Crippen LogP contribution in [-0.4, -0.2) is 70.7 Å². The zero-order chi connectivity index (χ0) is 20.6. The molecule has 7 nitrogen and oxygen atoms in total. The average molecular weight is 399 g/mol. The van der Waals surface area contributed by atoms with Gasteiger partial charge in [0.25, 0.3) is 0 Å². The molecule has 0 aliphatic carbocycles. The van der Waals surface area contributed by atoms with E-state index < -0.39 is 0 Å². The van der Waals surface area contributed by atoms with Crippen LogP contribution in [0, 0.1) is 0 Å². The number of hydrogen-bond donors (Lipinski definition) is 3. The first kappa shape index (κ1) is 21.5. The number of benzene rings is 1. The van der Waals surface area contributed by atoms with Gasteiger partial charge in [-0.3, -0.25) is 4.90 Å². The fourth-order valence-corrected chi connectivity index (χ4v) is 3.68. The first-order valence-corrected chi connectivity index (χ1v) is 10.5. The summed E-state index contributed by atoms with van der Waals surface area (Å²) in [6, 6.07) is 10.7. The third-order valence-electron chi connectivity index (χ3n) is 5.42. The Hall–Kier alpha value is -2.22. The summed E-state index contributed by atoms with van der Waals surface area (Å²) in [4.78, 5) is 13.5. The van der Waals surface area contributed by atoms with Crippen LogP contribution in [-0.2, 0) is 13.0 Å². The van der Waals surface area contributed by atoms with Crippen LogP contribution in [0.25, 0.3) is 0 Å². The Balaban J connectivity index is 1.60. The molecule has 1 aliphatic rings. The average Bonchev–Trinajstić information content (AvgIpc) is 2.70. The van der Waals surface area contributed by atoms with E-state index in [9.17, 15) is 5.11 Å². The molecule has 29 heavy (non-hydrogen) atoms. The van der Waals surface area contributed by atoms with Gasteiger partial charge in [-0.1, -0.05) is 37.6 Å². The number of piperazine rings is 1. The number of aliphatic hydroxyl groups is 1. The second-order valence-electron chi connectivity index (χ2n) is 7.99. The van der Waals surface area contributed by atoms with Crippen molar-refractivity contribution < 1.29 is 5.11 Å². The highest BCUT2D eigenvalue weighted by Crippen LogP contribution is 2.16. The van der Waals surface area contributed by atoms with Crippen LogP contribution in [0.2, 0.25) is 0 Å². The molecule has 2 aromatic rings. The monoisotopic (exact) mass is 398 g/mol. The summed E-state index contributed by atoms with van der Waals surface area (Å²) in [6.07, 6.45) is 2.57. The van der Waals surface area contributed by atoms with Crippen molar-refractivity contribution in [3.63, 3.8) is 0 Å². The molecule has 7 heteroatoms. The third kappa shape index (κ3) is 6.66. The minimum Gasteiger partial charge on any atom is -0.394 e. The molecule has 0 radical (unpaired) electrons. The molecular weight excluding hydrogens is 364 g/mol. The summed E-state index contributed by atoms with van der Waals surface area (Å²) in [5, 5.41) is 12.8. The maximum atomic E-state index is 9.51. The number of nitrogens with two attached hydrogens (primary N) is 1. The lowest BCUT2D eigenvalue weighted by Gasteiger charge is -2.32. The first-order valence-electron chi connectivity index (χ1n) is 10.5. The van der Waals surface area contributed by atoms with Crippen LogP contribution in [0.4, 0.5) is 11.8 Å². The Morgan fingerprint density at radius 3 is 2.45 bits per heavy atom. The van der Waals surface area contributed by atoms with E-state index in [4.69, 9.17) is 5.73 Å². The molecular formula is C22H34N6O. The molecule has 2 heterocycles. The highest BCUT2D eigenvalue weighted by Gasteiger charge is 2.14. The Labute approximate surface area is 174 Å². The molecule has 4 N–H and O–H groups in total. The van der Waals surface area contributed by atoms with Crippen LogP contribution < -0.4 is 11.1 Å². The molecule has 1 fully saturated rings. The number of likely N-dealkylation sites (N-methyl/N-ethyl adjacent to an activating group) is 1. The van der Waals surface area contributed by atoms with Crippen molar-refractivity contribution in [2.75, 3.05) is 50.9 Å². The van der Waals surface area contributed by atoms with Gasteiger partial charge in [-0.05, 0) is 24.6 Å². The Morgan fingerprint density at radius 1 is 1.10 bits per heavy atom. The fraction of sp³-hybridized carbons (Fsp3) is 0.545. The van der Waals surface area contributed by atoms with Crippen LogP contribution in [0.1, 0.15) is 36.6 Å². The van der Waals surface area contributed by atoms with Crippen molar-refractivity contribution >= 4 is 11.8 Å². The van der Waals surface area contributed by atoms with E-state index in [-0.39, 0.29) is 18.6 Å². The van der Waals surface area contributed by atoms with E-state index in [1.165, 1.54) is 11.1 Å². The number of aliphatic hydroxyl groups excluding tert-OH is 1. The van der Waals surface area contributed by atoms with Crippen LogP contribution in [0.3, 0.4) is 0 Å². The van der Waals surface area contributed by atoms with Gasteiger partial charge in [0.05, 0.1) is 18.3 Å². The number of nitrogen functional groups attached to an aromatic ring is 1. The van der Waals surface area contributed by atoms with Gasteiger partial charge in [-0.25, -0.2) is 4.98 Å². The molecule has 0 saturated carbocycles. The zero-order valence-corrected chi connectivity index (χ0v) is 17.6. The van der Waals surface area contributed by atoms with Gasteiger partial charge in [0.1, 0.15) is 5.82 Å². The predicted octanol–water partition coefficient (Wildman–Crippen LogP) is 1.97. The van der Waals surface area contributed by atoms with Crippen molar-refractivity contribution in [1.82, 2.24) is 19.8 Å². The quantitative estimate of drug-likeness (QED) is 0.595. The maximum absolute atomic E-state index is 9.51. The second-order valence-corrected chi connectivity index (χ2v) is 7.99. The smallest absolute Gasteiger partial charge is 0.222 e. The Bertz CT molecular complexity index is 758. The van der Waals surface area contributed by atoms with Gasteiger partial charge in [0.2, 0.25) is 5.95 Å². The van der Waals surface area contributed by atoms with Gasteiger partial charge in [-0.2, -0.15) is 4.98 Å². The summed E-state index contributed by atoms with van der Waals surface area (Å²) >= 11 is 0. The maximum Gasteiger partial charge on any atom is 0.222 e. The molecule has 0 bridgehead atoms. The number of hydrogen-bond acceptors (Lipinski definition) is 7. The van der Waals surface area contributed by atoms with Crippen molar-refractivity contribution in [3.05, 3.63) is 47.2 Å². The SMILES string of the molecule is CCCC(CO)Nc1cc(Cc2ccc(CN3CCN(C)CC3)cc2)nc(N)n1. The highest BCUT2D eigenvalue weighted by molar-refractivity contribution is 5.42. The predicted molar refractivity (Wildman–Crippen MR) is 118 cm³/mol. The lowest BCUT2D eigenvalue weighted by molar-refractivity contribution is 0.148. The Morgan fingerprint density at radius 2 is 1.79 bits per heavy atom. The van der Waals surface area contributed by atoms with E-state index in [1.54, 1.807) is 0 Å². The van der Waals surface area contributed by atoms with Crippen molar-refractivity contribution in [3.8, 4) is 0 Å². The molecule has 3 rings (SSSR count). The Kier molecular flexibility index (Phi) is 7.80. The van der Waals surface area contributed by atoms with E-state index in [2.05, 4.69) is 63.3 Å². The van der Waals surface area contributed by atoms with Crippen LogP contribution in [0.5, 0.6) is 0 Å². The molecule has 0 spiro atoms. The van der Waals surface area contributed by atoms with Gasteiger partial charge in [0.15, 0.2) is 0 Å².